The summed E-state index contributed by atoms with van der Waals surface area (Å²) >= 11 is 6.14. The third-order valence-corrected chi connectivity index (χ3v) is 5.47. The van der Waals surface area contributed by atoms with E-state index in [1.165, 1.54) is 0 Å². The predicted octanol–water partition coefficient (Wildman–Crippen LogP) is 3.57. The SMILES string of the molecule is Cc1cc(N2CCCC(NC(=O)c3c(C)[nH]c4ccc(Cl)cc34)C2)n(C)n1. The van der Waals surface area contributed by atoms with Crippen LogP contribution in [0.25, 0.3) is 10.9 Å². The molecule has 1 fully saturated rings. The van der Waals surface area contributed by atoms with E-state index in [1.54, 1.807) is 0 Å². The van der Waals surface area contributed by atoms with Crippen molar-refractivity contribution in [3.8, 4) is 0 Å². The van der Waals surface area contributed by atoms with E-state index in [0.717, 1.165) is 54.0 Å². The van der Waals surface area contributed by atoms with Crippen molar-refractivity contribution in [2.75, 3.05) is 18.0 Å². The highest BCUT2D eigenvalue weighted by molar-refractivity contribution is 6.31. The van der Waals surface area contributed by atoms with Crippen LogP contribution in [-0.2, 0) is 7.05 Å². The minimum Gasteiger partial charge on any atom is -0.358 e. The van der Waals surface area contributed by atoms with Gasteiger partial charge >= 0.3 is 0 Å². The summed E-state index contributed by atoms with van der Waals surface area (Å²) < 4.78 is 1.91. The van der Waals surface area contributed by atoms with Crippen LogP contribution in [0.15, 0.2) is 24.3 Å². The van der Waals surface area contributed by atoms with Crippen LogP contribution in [0, 0.1) is 13.8 Å². The van der Waals surface area contributed by atoms with E-state index < -0.39 is 0 Å². The number of fused-ring (bicyclic) bond motifs is 1. The second-order valence-corrected chi connectivity index (χ2v) is 7.78. The first-order valence-corrected chi connectivity index (χ1v) is 9.64. The van der Waals surface area contributed by atoms with Gasteiger partial charge in [0, 0.05) is 53.9 Å². The number of halogens is 1. The highest BCUT2D eigenvalue weighted by atomic mass is 35.5. The molecule has 0 bridgehead atoms. The van der Waals surface area contributed by atoms with Gasteiger partial charge in [0.15, 0.2) is 0 Å². The number of carbonyl (C=O) groups excluding carboxylic acids is 1. The summed E-state index contributed by atoms with van der Waals surface area (Å²) in [5.41, 5.74) is 3.48. The molecule has 7 heteroatoms. The van der Waals surface area contributed by atoms with Gasteiger partial charge in [-0.2, -0.15) is 5.10 Å². The minimum absolute atomic E-state index is 0.0472. The summed E-state index contributed by atoms with van der Waals surface area (Å²) in [5, 5.41) is 9.16. The number of aryl methyl sites for hydroxylation is 3. The molecule has 1 amide bonds. The number of H-pyrrole nitrogens is 1. The second-order valence-electron chi connectivity index (χ2n) is 7.34. The molecule has 6 nitrogen and oxygen atoms in total. The third kappa shape index (κ3) is 3.41. The van der Waals surface area contributed by atoms with Gasteiger partial charge in [0.25, 0.3) is 5.91 Å². The number of nitrogens with one attached hydrogen (secondary N) is 2. The van der Waals surface area contributed by atoms with Crippen LogP contribution in [0.1, 0.15) is 34.6 Å². The van der Waals surface area contributed by atoms with Crippen LogP contribution >= 0.6 is 11.6 Å². The number of aromatic nitrogens is 3. The summed E-state index contributed by atoms with van der Waals surface area (Å²) in [5.74, 6) is 1.05. The summed E-state index contributed by atoms with van der Waals surface area (Å²) in [4.78, 5) is 18.6. The Bertz CT molecular complexity index is 1010. The average molecular weight is 386 g/mol. The van der Waals surface area contributed by atoms with Gasteiger partial charge in [0.2, 0.25) is 0 Å². The Labute approximate surface area is 163 Å². The van der Waals surface area contributed by atoms with Crippen LogP contribution in [0.4, 0.5) is 5.82 Å². The number of piperidine rings is 1. The van der Waals surface area contributed by atoms with E-state index in [2.05, 4.69) is 26.4 Å². The van der Waals surface area contributed by atoms with E-state index in [1.807, 2.05) is 43.8 Å². The van der Waals surface area contributed by atoms with Crippen LogP contribution in [0.2, 0.25) is 5.02 Å². The first-order chi connectivity index (χ1) is 12.9. The van der Waals surface area contributed by atoms with Gasteiger partial charge < -0.3 is 15.2 Å². The summed E-state index contributed by atoms with van der Waals surface area (Å²) in [6.45, 7) is 5.69. The first kappa shape index (κ1) is 17.9. The van der Waals surface area contributed by atoms with Gasteiger partial charge in [-0.3, -0.25) is 9.48 Å². The molecular formula is C20H24ClN5O. The molecule has 0 radical (unpaired) electrons. The average Bonchev–Trinajstić information content (AvgIpc) is 3.12. The highest BCUT2D eigenvalue weighted by Crippen LogP contribution is 2.26. The molecule has 0 aliphatic carbocycles. The number of amides is 1. The number of hydrogen-bond acceptors (Lipinski definition) is 3. The monoisotopic (exact) mass is 385 g/mol. The van der Waals surface area contributed by atoms with Crippen molar-refractivity contribution in [1.82, 2.24) is 20.1 Å². The first-order valence-electron chi connectivity index (χ1n) is 9.26. The number of anilines is 1. The Morgan fingerprint density at radius 1 is 1.33 bits per heavy atom. The van der Waals surface area contributed by atoms with E-state index in [4.69, 9.17) is 11.6 Å². The molecule has 2 N–H and O–H groups in total. The lowest BCUT2D eigenvalue weighted by atomic mass is 10.0. The normalized spacial score (nSPS) is 17.5. The van der Waals surface area contributed by atoms with E-state index in [0.29, 0.717) is 10.6 Å². The van der Waals surface area contributed by atoms with Crippen LogP contribution in [-0.4, -0.2) is 39.8 Å². The van der Waals surface area contributed by atoms with Crippen molar-refractivity contribution >= 4 is 34.2 Å². The maximum atomic E-state index is 13.0. The van der Waals surface area contributed by atoms with Gasteiger partial charge in [-0.05, 0) is 44.9 Å². The number of benzene rings is 1. The van der Waals surface area contributed by atoms with Crippen molar-refractivity contribution in [1.29, 1.82) is 0 Å². The lowest BCUT2D eigenvalue weighted by molar-refractivity contribution is 0.0934. The van der Waals surface area contributed by atoms with Crippen molar-refractivity contribution in [2.24, 2.45) is 7.05 Å². The Hall–Kier alpha value is -2.47. The topological polar surface area (TPSA) is 66.0 Å². The lowest BCUT2D eigenvalue weighted by Gasteiger charge is -2.34. The van der Waals surface area contributed by atoms with Gasteiger partial charge in [0.1, 0.15) is 5.82 Å². The van der Waals surface area contributed by atoms with Crippen molar-refractivity contribution < 1.29 is 4.79 Å². The number of hydrogen-bond donors (Lipinski definition) is 2. The molecule has 1 unspecified atom stereocenters. The smallest absolute Gasteiger partial charge is 0.254 e. The standard InChI is InChI=1S/C20H24ClN5O/c1-12-9-18(25(3)24-12)26-8-4-5-15(11-26)23-20(27)19-13(2)22-17-7-6-14(21)10-16(17)19/h6-7,9-10,15,22H,4-5,8,11H2,1-3H3,(H,23,27). The molecular weight excluding hydrogens is 362 g/mol. The lowest BCUT2D eigenvalue weighted by Crippen LogP contribution is -2.48. The third-order valence-electron chi connectivity index (χ3n) is 5.23. The van der Waals surface area contributed by atoms with Gasteiger partial charge in [-0.25, -0.2) is 0 Å². The molecule has 2 aromatic heterocycles. The fraction of sp³-hybridized carbons (Fsp3) is 0.400. The Kier molecular flexibility index (Phi) is 4.60. The maximum absolute atomic E-state index is 13.0. The fourth-order valence-electron chi connectivity index (χ4n) is 4.04. The molecule has 1 aliphatic rings. The number of aromatic amines is 1. The minimum atomic E-state index is -0.0472. The largest absolute Gasteiger partial charge is 0.358 e. The number of carbonyl (C=O) groups is 1. The Morgan fingerprint density at radius 3 is 2.89 bits per heavy atom. The number of nitrogens with zero attached hydrogens (tertiary/aromatic N) is 3. The van der Waals surface area contributed by atoms with Gasteiger partial charge in [0.05, 0.1) is 11.3 Å². The zero-order chi connectivity index (χ0) is 19.1. The van der Waals surface area contributed by atoms with Gasteiger partial charge in [-0.15, -0.1) is 0 Å². The molecule has 142 valence electrons. The molecule has 27 heavy (non-hydrogen) atoms. The fourth-order valence-corrected chi connectivity index (χ4v) is 4.22. The predicted molar refractivity (Wildman–Crippen MR) is 109 cm³/mol. The summed E-state index contributed by atoms with van der Waals surface area (Å²) in [6.07, 6.45) is 2.01. The maximum Gasteiger partial charge on any atom is 0.254 e. The zero-order valence-electron chi connectivity index (χ0n) is 15.8. The van der Waals surface area contributed by atoms with E-state index in [9.17, 15) is 4.79 Å². The van der Waals surface area contributed by atoms with E-state index >= 15 is 0 Å². The van der Waals surface area contributed by atoms with E-state index in [-0.39, 0.29) is 11.9 Å². The quantitative estimate of drug-likeness (QED) is 0.724. The molecule has 1 saturated heterocycles. The molecule has 0 saturated carbocycles. The van der Waals surface area contributed by atoms with Crippen LogP contribution in [0.3, 0.4) is 0 Å². The highest BCUT2D eigenvalue weighted by Gasteiger charge is 2.25. The second kappa shape index (κ2) is 6.93. The molecule has 3 heterocycles. The van der Waals surface area contributed by atoms with Crippen molar-refractivity contribution in [3.05, 3.63) is 46.2 Å². The van der Waals surface area contributed by atoms with Crippen molar-refractivity contribution in [3.63, 3.8) is 0 Å². The van der Waals surface area contributed by atoms with Gasteiger partial charge in [-0.1, -0.05) is 11.6 Å². The van der Waals surface area contributed by atoms with Crippen LogP contribution < -0.4 is 10.2 Å². The van der Waals surface area contributed by atoms with Crippen molar-refractivity contribution in [2.45, 2.75) is 32.7 Å². The molecule has 3 aromatic rings. The molecule has 1 atom stereocenters. The zero-order valence-corrected chi connectivity index (χ0v) is 16.6. The Morgan fingerprint density at radius 2 is 2.15 bits per heavy atom. The summed E-state index contributed by atoms with van der Waals surface area (Å²) in [6, 6.07) is 7.78. The molecule has 0 spiro atoms. The molecule has 4 rings (SSSR count). The van der Waals surface area contributed by atoms with Crippen LogP contribution in [0.5, 0.6) is 0 Å². The number of rotatable bonds is 3. The summed E-state index contributed by atoms with van der Waals surface area (Å²) in [7, 11) is 1.96. The molecule has 1 aliphatic heterocycles. The Balaban J connectivity index is 1.54. The molecule has 1 aromatic carbocycles.